The second kappa shape index (κ2) is 6.96. The van der Waals surface area contributed by atoms with Crippen LogP contribution < -0.4 is 5.56 Å². The van der Waals surface area contributed by atoms with Gasteiger partial charge in [0, 0.05) is 32.1 Å². The van der Waals surface area contributed by atoms with E-state index >= 15 is 0 Å². The van der Waals surface area contributed by atoms with Gasteiger partial charge in [-0.15, -0.1) is 0 Å². The number of hydrogen-bond acceptors (Lipinski definition) is 4. The van der Waals surface area contributed by atoms with Crippen LogP contribution in [0.3, 0.4) is 0 Å². The quantitative estimate of drug-likeness (QED) is 0.845. The van der Waals surface area contributed by atoms with Crippen molar-refractivity contribution in [2.24, 2.45) is 5.92 Å². The lowest BCUT2D eigenvalue weighted by atomic mass is 10.1. The van der Waals surface area contributed by atoms with Crippen LogP contribution in [0.25, 0.3) is 10.9 Å². The van der Waals surface area contributed by atoms with Gasteiger partial charge in [-0.2, -0.15) is 0 Å². The van der Waals surface area contributed by atoms with Crippen LogP contribution in [0, 0.1) is 12.8 Å². The average Bonchev–Trinajstić information content (AvgIpc) is 2.97. The predicted octanol–water partition coefficient (Wildman–Crippen LogP) is 1.50. The molecular formula is C19H26N4O2. The summed E-state index contributed by atoms with van der Waals surface area (Å²) in [5.74, 6) is 0.569. The lowest BCUT2D eigenvalue weighted by Crippen LogP contribution is -2.36. The number of amides is 1. The Morgan fingerprint density at radius 2 is 2.08 bits per heavy atom. The monoisotopic (exact) mass is 342 g/mol. The van der Waals surface area contributed by atoms with Crippen molar-refractivity contribution < 1.29 is 4.79 Å². The number of aromatic nitrogens is 2. The summed E-state index contributed by atoms with van der Waals surface area (Å²) in [7, 11) is 4.11. The van der Waals surface area contributed by atoms with Gasteiger partial charge in [0.2, 0.25) is 5.91 Å². The van der Waals surface area contributed by atoms with E-state index in [1.54, 1.807) is 17.0 Å². The number of likely N-dealkylation sites (tertiary alicyclic amines) is 1. The van der Waals surface area contributed by atoms with Gasteiger partial charge in [-0.1, -0.05) is 19.1 Å². The van der Waals surface area contributed by atoms with E-state index < -0.39 is 0 Å². The highest BCUT2D eigenvalue weighted by atomic mass is 16.2. The van der Waals surface area contributed by atoms with Crippen LogP contribution in [-0.4, -0.2) is 58.5 Å². The third kappa shape index (κ3) is 3.44. The fourth-order valence-corrected chi connectivity index (χ4v) is 3.70. The second-order valence-electron chi connectivity index (χ2n) is 7.27. The van der Waals surface area contributed by atoms with E-state index in [-0.39, 0.29) is 11.5 Å². The number of likely N-dealkylation sites (N-methyl/N-ethyl adjacent to an activating group) is 1. The zero-order chi connectivity index (χ0) is 18.1. The van der Waals surface area contributed by atoms with Gasteiger partial charge in [-0.05, 0) is 38.6 Å². The van der Waals surface area contributed by atoms with Crippen molar-refractivity contribution >= 4 is 16.8 Å². The summed E-state index contributed by atoms with van der Waals surface area (Å²) in [5, 5.41) is 0.609. The number of para-hydroxylation sites is 1. The van der Waals surface area contributed by atoms with Crippen LogP contribution in [0.2, 0.25) is 0 Å². The second-order valence-corrected chi connectivity index (χ2v) is 7.27. The number of fused-ring (bicyclic) bond motifs is 1. The summed E-state index contributed by atoms with van der Waals surface area (Å²) >= 11 is 0. The van der Waals surface area contributed by atoms with E-state index in [4.69, 9.17) is 0 Å². The van der Waals surface area contributed by atoms with Crippen molar-refractivity contribution in [1.29, 1.82) is 0 Å². The molecule has 1 saturated heterocycles. The van der Waals surface area contributed by atoms with Crippen LogP contribution >= 0.6 is 0 Å². The normalized spacial score (nSPS) is 20.6. The maximum atomic E-state index is 12.6. The molecule has 1 aromatic heterocycles. The Kier molecular flexibility index (Phi) is 4.90. The van der Waals surface area contributed by atoms with Crippen LogP contribution in [-0.2, 0) is 11.3 Å². The molecule has 0 saturated carbocycles. The number of aryl methyl sites for hydroxylation is 2. The lowest BCUT2D eigenvalue weighted by Gasteiger charge is -2.22. The van der Waals surface area contributed by atoms with Gasteiger partial charge in [-0.3, -0.25) is 14.2 Å². The number of nitrogens with zero attached hydrogens (tertiary/aromatic N) is 4. The van der Waals surface area contributed by atoms with Crippen molar-refractivity contribution in [3.8, 4) is 0 Å². The molecule has 0 radical (unpaired) electrons. The first kappa shape index (κ1) is 17.6. The molecule has 6 heteroatoms. The molecule has 0 N–H and O–H groups in total. The molecule has 1 aliphatic heterocycles. The van der Waals surface area contributed by atoms with Crippen LogP contribution in [0.5, 0.6) is 0 Å². The minimum absolute atomic E-state index is 0.0811. The van der Waals surface area contributed by atoms with Gasteiger partial charge in [-0.25, -0.2) is 4.98 Å². The fourth-order valence-electron chi connectivity index (χ4n) is 3.70. The number of hydrogen-bond donors (Lipinski definition) is 0. The zero-order valence-corrected chi connectivity index (χ0v) is 15.4. The average molecular weight is 342 g/mol. The largest absolute Gasteiger partial charge is 0.341 e. The van der Waals surface area contributed by atoms with Crippen molar-refractivity contribution in [2.75, 3.05) is 27.2 Å². The summed E-state index contributed by atoms with van der Waals surface area (Å²) in [5.41, 5.74) is 1.64. The molecule has 0 unspecified atom stereocenters. The lowest BCUT2D eigenvalue weighted by molar-refractivity contribution is -0.130. The summed E-state index contributed by atoms with van der Waals surface area (Å²) in [4.78, 5) is 33.6. The van der Waals surface area contributed by atoms with E-state index in [2.05, 4.69) is 30.9 Å². The van der Waals surface area contributed by atoms with Gasteiger partial charge in [0.15, 0.2) is 0 Å². The van der Waals surface area contributed by atoms with Gasteiger partial charge < -0.3 is 9.80 Å². The molecule has 25 heavy (non-hydrogen) atoms. The van der Waals surface area contributed by atoms with Crippen molar-refractivity contribution in [1.82, 2.24) is 19.4 Å². The summed E-state index contributed by atoms with van der Waals surface area (Å²) in [6.45, 7) is 6.03. The molecule has 2 atom stereocenters. The molecule has 1 amide bonds. The summed E-state index contributed by atoms with van der Waals surface area (Å²) < 4.78 is 1.54. The van der Waals surface area contributed by atoms with Crippen molar-refractivity contribution in [3.63, 3.8) is 0 Å². The summed E-state index contributed by atoms with van der Waals surface area (Å²) in [6, 6.07) is 6.00. The van der Waals surface area contributed by atoms with E-state index in [0.29, 0.717) is 30.3 Å². The molecule has 2 heterocycles. The number of benzene rings is 1. The highest BCUT2D eigenvalue weighted by Gasteiger charge is 2.33. The van der Waals surface area contributed by atoms with Gasteiger partial charge in [0.1, 0.15) is 0 Å². The maximum absolute atomic E-state index is 12.6. The van der Waals surface area contributed by atoms with E-state index in [1.165, 1.54) is 0 Å². The molecule has 134 valence electrons. The Labute approximate surface area is 148 Å². The maximum Gasteiger partial charge on any atom is 0.261 e. The molecule has 3 rings (SSSR count). The number of carbonyl (C=O) groups excluding carboxylic acids is 1. The van der Waals surface area contributed by atoms with Crippen LogP contribution in [0.15, 0.2) is 29.3 Å². The molecule has 0 spiro atoms. The zero-order valence-electron chi connectivity index (χ0n) is 15.4. The predicted molar refractivity (Wildman–Crippen MR) is 98.6 cm³/mol. The molecule has 1 aromatic carbocycles. The molecule has 6 nitrogen and oxygen atoms in total. The molecule has 0 bridgehead atoms. The van der Waals surface area contributed by atoms with Gasteiger partial charge in [0.05, 0.1) is 17.2 Å². The van der Waals surface area contributed by atoms with Gasteiger partial charge in [0.25, 0.3) is 5.56 Å². The molecule has 1 aliphatic rings. The highest BCUT2D eigenvalue weighted by molar-refractivity contribution is 5.80. The van der Waals surface area contributed by atoms with Crippen LogP contribution in [0.4, 0.5) is 0 Å². The molecular weight excluding hydrogens is 316 g/mol. The minimum Gasteiger partial charge on any atom is -0.341 e. The first-order valence-corrected chi connectivity index (χ1v) is 8.77. The smallest absolute Gasteiger partial charge is 0.261 e. The van der Waals surface area contributed by atoms with E-state index in [1.807, 2.05) is 24.0 Å². The molecule has 2 aromatic rings. The van der Waals surface area contributed by atoms with E-state index in [9.17, 15) is 9.59 Å². The van der Waals surface area contributed by atoms with Crippen LogP contribution in [0.1, 0.15) is 18.9 Å². The number of carbonyl (C=O) groups is 1. The SMILES string of the molecule is Cc1cccc2c(=O)n(CCC(=O)N3C[C@@H](C)[C@H](N(C)C)C3)cnc12. The topological polar surface area (TPSA) is 58.4 Å². The summed E-state index contributed by atoms with van der Waals surface area (Å²) in [6.07, 6.45) is 1.88. The third-order valence-corrected chi connectivity index (χ3v) is 5.21. The standard InChI is InChI=1S/C19H26N4O2/c1-13-6-5-7-15-18(13)20-12-22(19(15)25)9-8-17(24)23-10-14(2)16(11-23)21(3)4/h5-7,12,14,16H,8-11H2,1-4H3/t14-,16-/m1/s1. The highest BCUT2D eigenvalue weighted by Crippen LogP contribution is 2.20. The Hall–Kier alpha value is -2.21. The number of rotatable bonds is 4. The molecule has 1 fully saturated rings. The molecule has 0 aliphatic carbocycles. The Morgan fingerprint density at radius 3 is 2.76 bits per heavy atom. The Balaban J connectivity index is 1.70. The first-order chi connectivity index (χ1) is 11.9. The Bertz CT molecular complexity index is 843. The van der Waals surface area contributed by atoms with Crippen molar-refractivity contribution in [3.05, 3.63) is 40.4 Å². The minimum atomic E-state index is -0.0811. The van der Waals surface area contributed by atoms with E-state index in [0.717, 1.165) is 24.2 Å². The fraction of sp³-hybridized carbons (Fsp3) is 0.526. The first-order valence-electron chi connectivity index (χ1n) is 8.77. The van der Waals surface area contributed by atoms with Crippen molar-refractivity contribution in [2.45, 2.75) is 32.9 Å². The Morgan fingerprint density at radius 1 is 1.32 bits per heavy atom. The van der Waals surface area contributed by atoms with Gasteiger partial charge >= 0.3 is 0 Å². The third-order valence-electron chi connectivity index (χ3n) is 5.21.